The van der Waals surface area contributed by atoms with Crippen LogP contribution in [0.2, 0.25) is 0 Å². The highest BCUT2D eigenvalue weighted by molar-refractivity contribution is 6.10. The molecule has 33 heavy (non-hydrogen) atoms. The zero-order chi connectivity index (χ0) is 23.0. The van der Waals surface area contributed by atoms with Gasteiger partial charge in [-0.1, -0.05) is 54.6 Å². The Morgan fingerprint density at radius 2 is 1.24 bits per heavy atom. The van der Waals surface area contributed by atoms with E-state index in [9.17, 15) is 9.59 Å². The van der Waals surface area contributed by atoms with E-state index < -0.39 is 0 Å². The van der Waals surface area contributed by atoms with Crippen molar-refractivity contribution >= 4 is 34.6 Å². The molecule has 0 saturated heterocycles. The summed E-state index contributed by atoms with van der Waals surface area (Å²) in [6.07, 6.45) is 0.249. The number of anilines is 4. The minimum Gasteiger partial charge on any atom is -0.356 e. The van der Waals surface area contributed by atoms with E-state index in [1.807, 2.05) is 85.8 Å². The van der Waals surface area contributed by atoms with Crippen LogP contribution in [0, 0.1) is 6.92 Å². The van der Waals surface area contributed by atoms with Crippen molar-refractivity contribution in [1.82, 2.24) is 0 Å². The summed E-state index contributed by atoms with van der Waals surface area (Å²) < 4.78 is 0. The Morgan fingerprint density at radius 3 is 2.00 bits per heavy atom. The second-order valence-corrected chi connectivity index (χ2v) is 7.72. The molecule has 5 heteroatoms. The molecule has 5 nitrogen and oxygen atoms in total. The summed E-state index contributed by atoms with van der Waals surface area (Å²) in [7, 11) is 0. The maximum atomic E-state index is 12.9. The number of carbonyl (C=O) groups is 2. The molecule has 0 heterocycles. The first kappa shape index (κ1) is 21.8. The molecule has 4 rings (SSSR count). The first-order valence-electron chi connectivity index (χ1n) is 10.8. The molecule has 0 aromatic heterocycles. The summed E-state index contributed by atoms with van der Waals surface area (Å²) in [5, 5.41) is 9.09. The largest absolute Gasteiger partial charge is 0.356 e. The van der Waals surface area contributed by atoms with Crippen LogP contribution < -0.4 is 16.0 Å². The van der Waals surface area contributed by atoms with E-state index in [1.165, 1.54) is 0 Å². The number of nitrogens with one attached hydrogen (secondary N) is 3. The molecular weight excluding hydrogens is 410 g/mol. The maximum Gasteiger partial charge on any atom is 0.257 e. The molecule has 0 saturated carbocycles. The number of aryl methyl sites for hydroxylation is 1. The van der Waals surface area contributed by atoms with Crippen LogP contribution in [0.25, 0.3) is 0 Å². The minimum atomic E-state index is -0.287. The van der Waals surface area contributed by atoms with Gasteiger partial charge in [-0.3, -0.25) is 9.59 Å². The summed E-state index contributed by atoms with van der Waals surface area (Å²) in [4.78, 5) is 25.5. The molecule has 3 N–H and O–H groups in total. The maximum absolute atomic E-state index is 12.9. The summed E-state index contributed by atoms with van der Waals surface area (Å²) in [6, 6.07) is 32.1. The lowest BCUT2D eigenvalue weighted by molar-refractivity contribution is -0.115. The fourth-order valence-corrected chi connectivity index (χ4v) is 3.49. The Hall–Kier alpha value is -4.38. The average Bonchev–Trinajstić information content (AvgIpc) is 2.83. The molecule has 0 radical (unpaired) electrons. The van der Waals surface area contributed by atoms with Gasteiger partial charge in [0.25, 0.3) is 5.91 Å². The van der Waals surface area contributed by atoms with E-state index in [4.69, 9.17) is 0 Å². The van der Waals surface area contributed by atoms with Crippen molar-refractivity contribution in [3.05, 3.63) is 120 Å². The van der Waals surface area contributed by atoms with Gasteiger partial charge in [0, 0.05) is 17.1 Å². The van der Waals surface area contributed by atoms with Crippen molar-refractivity contribution in [3.8, 4) is 0 Å². The first-order chi connectivity index (χ1) is 16.1. The molecule has 0 spiro atoms. The third-order valence-corrected chi connectivity index (χ3v) is 5.26. The van der Waals surface area contributed by atoms with Crippen LogP contribution in [0.5, 0.6) is 0 Å². The van der Waals surface area contributed by atoms with E-state index >= 15 is 0 Å². The fraction of sp³-hybridized carbons (Fsp3) is 0.0714. The van der Waals surface area contributed by atoms with Gasteiger partial charge < -0.3 is 16.0 Å². The van der Waals surface area contributed by atoms with E-state index in [0.29, 0.717) is 16.9 Å². The van der Waals surface area contributed by atoms with Gasteiger partial charge in [-0.05, 0) is 66.6 Å². The van der Waals surface area contributed by atoms with Gasteiger partial charge in [0.05, 0.1) is 17.7 Å². The van der Waals surface area contributed by atoms with Crippen molar-refractivity contribution in [2.75, 3.05) is 16.0 Å². The lowest BCUT2D eigenvalue weighted by atomic mass is 10.1. The monoisotopic (exact) mass is 435 g/mol. The highest BCUT2D eigenvalue weighted by Crippen LogP contribution is 2.21. The molecule has 0 aliphatic carbocycles. The quantitative estimate of drug-likeness (QED) is 0.325. The van der Waals surface area contributed by atoms with Crippen LogP contribution in [-0.4, -0.2) is 11.8 Å². The van der Waals surface area contributed by atoms with Crippen LogP contribution in [0.4, 0.5) is 22.7 Å². The summed E-state index contributed by atoms with van der Waals surface area (Å²) in [5.74, 6) is -0.452. The molecule has 2 amide bonds. The van der Waals surface area contributed by atoms with Crippen LogP contribution >= 0.6 is 0 Å². The predicted molar refractivity (Wildman–Crippen MR) is 134 cm³/mol. The Balaban J connectivity index is 1.41. The second-order valence-electron chi connectivity index (χ2n) is 7.72. The predicted octanol–water partition coefficient (Wildman–Crippen LogP) is 6.17. The van der Waals surface area contributed by atoms with Crippen LogP contribution in [0.3, 0.4) is 0 Å². The van der Waals surface area contributed by atoms with Gasteiger partial charge in [-0.15, -0.1) is 0 Å². The lowest BCUT2D eigenvalue weighted by Gasteiger charge is -2.13. The fourth-order valence-electron chi connectivity index (χ4n) is 3.49. The summed E-state index contributed by atoms with van der Waals surface area (Å²) >= 11 is 0. The Morgan fingerprint density at radius 1 is 0.636 bits per heavy atom. The van der Waals surface area contributed by atoms with Crippen LogP contribution in [0.15, 0.2) is 103 Å². The number of para-hydroxylation sites is 2. The van der Waals surface area contributed by atoms with E-state index in [0.717, 1.165) is 22.5 Å². The molecule has 0 aliphatic heterocycles. The molecule has 0 aliphatic rings. The van der Waals surface area contributed by atoms with Gasteiger partial charge in [0.2, 0.25) is 5.91 Å². The smallest absolute Gasteiger partial charge is 0.257 e. The van der Waals surface area contributed by atoms with Gasteiger partial charge in [0.1, 0.15) is 0 Å². The van der Waals surface area contributed by atoms with Crippen molar-refractivity contribution in [3.63, 3.8) is 0 Å². The zero-order valence-corrected chi connectivity index (χ0v) is 18.3. The molecule has 0 atom stereocenters. The van der Waals surface area contributed by atoms with Crippen molar-refractivity contribution in [1.29, 1.82) is 0 Å². The standard InChI is InChI=1S/C28H25N3O2/c1-20-9-5-6-10-21(20)19-27(32)31-26-14-8-7-13-25(26)28(33)30-24-17-15-23(16-18-24)29-22-11-3-2-4-12-22/h2-18,29H,19H2,1H3,(H,30,33)(H,31,32). The van der Waals surface area contributed by atoms with E-state index in [-0.39, 0.29) is 18.2 Å². The van der Waals surface area contributed by atoms with Crippen LogP contribution in [0.1, 0.15) is 21.5 Å². The zero-order valence-electron chi connectivity index (χ0n) is 18.3. The van der Waals surface area contributed by atoms with Gasteiger partial charge in [-0.25, -0.2) is 0 Å². The van der Waals surface area contributed by atoms with Gasteiger partial charge in [0.15, 0.2) is 0 Å². The Labute approximate surface area is 193 Å². The summed E-state index contributed by atoms with van der Waals surface area (Å²) in [5.41, 5.74) is 5.48. The number of hydrogen-bond donors (Lipinski definition) is 3. The Bertz CT molecular complexity index is 1250. The lowest BCUT2D eigenvalue weighted by Crippen LogP contribution is -2.19. The number of hydrogen-bond acceptors (Lipinski definition) is 3. The topological polar surface area (TPSA) is 70.2 Å². The van der Waals surface area contributed by atoms with Crippen LogP contribution in [-0.2, 0) is 11.2 Å². The van der Waals surface area contributed by atoms with Crippen molar-refractivity contribution in [2.45, 2.75) is 13.3 Å². The normalized spacial score (nSPS) is 10.3. The molecular formula is C28H25N3O2. The molecule has 0 fully saturated rings. The second kappa shape index (κ2) is 10.3. The molecule has 4 aromatic carbocycles. The first-order valence-corrected chi connectivity index (χ1v) is 10.8. The van der Waals surface area contributed by atoms with Gasteiger partial charge >= 0.3 is 0 Å². The van der Waals surface area contributed by atoms with Crippen molar-refractivity contribution < 1.29 is 9.59 Å². The van der Waals surface area contributed by atoms with Gasteiger partial charge in [-0.2, -0.15) is 0 Å². The minimum absolute atomic E-state index is 0.166. The molecule has 0 bridgehead atoms. The third kappa shape index (κ3) is 5.86. The number of benzene rings is 4. The molecule has 0 unspecified atom stereocenters. The number of carbonyl (C=O) groups excluding carboxylic acids is 2. The third-order valence-electron chi connectivity index (χ3n) is 5.26. The SMILES string of the molecule is Cc1ccccc1CC(=O)Nc1ccccc1C(=O)Nc1ccc(Nc2ccccc2)cc1. The highest BCUT2D eigenvalue weighted by Gasteiger charge is 2.14. The average molecular weight is 436 g/mol. The number of amides is 2. The van der Waals surface area contributed by atoms with E-state index in [2.05, 4.69) is 16.0 Å². The van der Waals surface area contributed by atoms with E-state index in [1.54, 1.807) is 24.3 Å². The number of rotatable bonds is 7. The van der Waals surface area contributed by atoms with Crippen molar-refractivity contribution in [2.24, 2.45) is 0 Å². The molecule has 164 valence electrons. The summed E-state index contributed by atoms with van der Waals surface area (Å²) in [6.45, 7) is 1.98. The Kier molecular flexibility index (Phi) is 6.81. The molecule has 4 aromatic rings. The highest BCUT2D eigenvalue weighted by atomic mass is 16.2.